The van der Waals surface area contributed by atoms with E-state index in [-0.39, 0.29) is 17.4 Å². The number of nitrogens with zero attached hydrogens (tertiary/aromatic N) is 5. The molecule has 11 heteroatoms. The molecule has 1 saturated carbocycles. The molecule has 0 aromatic carbocycles. The molecule has 3 aliphatic rings. The smallest absolute Gasteiger partial charge is 0.276 e. The Labute approximate surface area is 206 Å². The maximum atomic E-state index is 13.5. The Kier molecular flexibility index (Phi) is 4.98. The number of thiophene rings is 1. The minimum atomic E-state index is -0.616. The zero-order chi connectivity index (χ0) is 24.5. The number of rotatable bonds is 4. The van der Waals surface area contributed by atoms with Gasteiger partial charge >= 0.3 is 0 Å². The topological polar surface area (TPSA) is 112 Å². The highest BCUT2D eigenvalue weighted by molar-refractivity contribution is 7.20. The fourth-order valence-electron chi connectivity index (χ4n) is 5.40. The predicted molar refractivity (Wildman–Crippen MR) is 133 cm³/mol. The summed E-state index contributed by atoms with van der Waals surface area (Å²) in [5.41, 5.74) is 0.632. The van der Waals surface area contributed by atoms with Crippen molar-refractivity contribution in [1.82, 2.24) is 29.7 Å². The second-order valence-corrected chi connectivity index (χ2v) is 10.9. The molecule has 0 unspecified atom stereocenters. The number of likely N-dealkylation sites (N-methyl/N-ethyl adjacent to an activating group) is 1. The summed E-state index contributed by atoms with van der Waals surface area (Å²) >= 11 is 1.33. The van der Waals surface area contributed by atoms with Gasteiger partial charge in [-0.15, -0.1) is 11.3 Å². The van der Waals surface area contributed by atoms with E-state index < -0.39 is 5.66 Å². The van der Waals surface area contributed by atoms with Crippen molar-refractivity contribution < 1.29 is 9.59 Å². The standard InChI is InChI=1S/C24H27N7O3S/c1-13-9-16(22(33)31-18(13)20(32)28-24(31)6-4-7-24)27-19-15-10-17(35-21(15)26-12-25-19)23(34)30-8-5-14(11-30)29(2)3/h9-10,12,14H,4-8,11H2,1-3H3,(H,28,32)(H,25,26,27)/t14-/m1/s1. The number of likely N-dealkylation sites (tertiary alicyclic amines) is 1. The fourth-order valence-corrected chi connectivity index (χ4v) is 6.37. The number of aryl methyl sites for hydroxylation is 1. The van der Waals surface area contributed by atoms with Gasteiger partial charge in [0.1, 0.15) is 34.0 Å². The summed E-state index contributed by atoms with van der Waals surface area (Å²) in [7, 11) is 4.07. The van der Waals surface area contributed by atoms with Crippen molar-refractivity contribution in [3.05, 3.63) is 44.9 Å². The molecule has 6 rings (SSSR count). The van der Waals surface area contributed by atoms with Gasteiger partial charge < -0.3 is 20.4 Å². The quantitative estimate of drug-likeness (QED) is 0.573. The van der Waals surface area contributed by atoms with Crippen molar-refractivity contribution in [3.8, 4) is 0 Å². The molecule has 3 aromatic heterocycles. The molecule has 10 nitrogen and oxygen atoms in total. The van der Waals surface area contributed by atoms with Gasteiger partial charge in [-0.05, 0) is 64.4 Å². The first kappa shape index (κ1) is 22.2. The molecule has 1 spiro atoms. The second kappa shape index (κ2) is 7.85. The van der Waals surface area contributed by atoms with Gasteiger partial charge in [0, 0.05) is 19.1 Å². The molecule has 1 aliphatic carbocycles. The lowest BCUT2D eigenvalue weighted by molar-refractivity contribution is 0.0780. The van der Waals surface area contributed by atoms with Crippen LogP contribution >= 0.6 is 11.3 Å². The third-order valence-corrected chi connectivity index (χ3v) is 8.57. The zero-order valence-corrected chi connectivity index (χ0v) is 20.7. The molecule has 5 heterocycles. The molecule has 2 fully saturated rings. The summed E-state index contributed by atoms with van der Waals surface area (Å²) < 4.78 is 1.62. The summed E-state index contributed by atoms with van der Waals surface area (Å²) in [6, 6.07) is 3.87. The molecule has 35 heavy (non-hydrogen) atoms. The van der Waals surface area contributed by atoms with Crippen LogP contribution < -0.4 is 16.2 Å². The van der Waals surface area contributed by atoms with Gasteiger partial charge in [-0.3, -0.25) is 19.0 Å². The van der Waals surface area contributed by atoms with Gasteiger partial charge in [0.25, 0.3) is 17.4 Å². The van der Waals surface area contributed by atoms with Gasteiger partial charge in [0.2, 0.25) is 0 Å². The molecule has 182 valence electrons. The SMILES string of the molecule is Cc1cc(Nc2ncnc3sc(C(=O)N4CC[C@@H](N(C)C)C4)cc23)c(=O)n2c1C(=O)NC21CCC1. The lowest BCUT2D eigenvalue weighted by atomic mass is 9.85. The first-order valence-corrected chi connectivity index (χ1v) is 12.7. The largest absolute Gasteiger partial charge is 0.336 e. The van der Waals surface area contributed by atoms with Crippen LogP contribution in [0.2, 0.25) is 0 Å². The first-order chi connectivity index (χ1) is 16.8. The molecule has 0 radical (unpaired) electrons. The van der Waals surface area contributed by atoms with Crippen molar-refractivity contribution in [2.24, 2.45) is 0 Å². The average molecular weight is 494 g/mol. The van der Waals surface area contributed by atoms with E-state index in [2.05, 4.69) is 25.5 Å². The molecule has 2 amide bonds. The van der Waals surface area contributed by atoms with E-state index in [0.29, 0.717) is 44.9 Å². The number of carbonyl (C=O) groups excluding carboxylic acids is 2. The Morgan fingerprint density at radius 1 is 1.26 bits per heavy atom. The Hall–Kier alpha value is -3.31. The third kappa shape index (κ3) is 3.36. The van der Waals surface area contributed by atoms with Gasteiger partial charge in [0.15, 0.2) is 0 Å². The summed E-state index contributed by atoms with van der Waals surface area (Å²) in [5, 5.41) is 6.89. The Morgan fingerprint density at radius 2 is 2.06 bits per heavy atom. The van der Waals surface area contributed by atoms with Gasteiger partial charge in [0.05, 0.1) is 10.3 Å². The van der Waals surface area contributed by atoms with Gasteiger partial charge in [-0.25, -0.2) is 9.97 Å². The van der Waals surface area contributed by atoms with Crippen LogP contribution in [0.5, 0.6) is 0 Å². The Bertz CT molecular complexity index is 1440. The maximum absolute atomic E-state index is 13.5. The first-order valence-electron chi connectivity index (χ1n) is 11.8. The van der Waals surface area contributed by atoms with Gasteiger partial charge in [-0.1, -0.05) is 0 Å². The number of carbonyl (C=O) groups is 2. The lowest BCUT2D eigenvalue weighted by Crippen LogP contribution is -2.52. The fraction of sp³-hybridized carbons (Fsp3) is 0.458. The number of fused-ring (bicyclic) bond motifs is 3. The molecular formula is C24H27N7O3S. The maximum Gasteiger partial charge on any atom is 0.276 e. The van der Waals surface area contributed by atoms with Crippen LogP contribution in [-0.4, -0.2) is 69.4 Å². The Balaban J connectivity index is 1.34. The monoisotopic (exact) mass is 493 g/mol. The van der Waals surface area contributed by atoms with Crippen LogP contribution in [0.1, 0.15) is 51.4 Å². The Morgan fingerprint density at radius 3 is 2.74 bits per heavy atom. The molecular weight excluding hydrogens is 466 g/mol. The van der Waals surface area contributed by atoms with E-state index in [1.165, 1.54) is 17.7 Å². The van der Waals surface area contributed by atoms with E-state index in [1.54, 1.807) is 10.6 Å². The van der Waals surface area contributed by atoms with Crippen LogP contribution in [0.25, 0.3) is 10.2 Å². The van der Waals surface area contributed by atoms with E-state index in [1.807, 2.05) is 32.0 Å². The van der Waals surface area contributed by atoms with Crippen molar-refractivity contribution >= 4 is 44.9 Å². The minimum absolute atomic E-state index is 0.00624. The summed E-state index contributed by atoms with van der Waals surface area (Å²) in [6.45, 7) is 3.27. The molecule has 1 saturated heterocycles. The summed E-state index contributed by atoms with van der Waals surface area (Å²) in [4.78, 5) is 53.3. The number of anilines is 2. The number of amides is 2. The van der Waals surface area contributed by atoms with Crippen LogP contribution in [-0.2, 0) is 5.66 Å². The molecule has 2 N–H and O–H groups in total. The van der Waals surface area contributed by atoms with Crippen molar-refractivity contribution in [3.63, 3.8) is 0 Å². The molecule has 1 atom stereocenters. The highest BCUT2D eigenvalue weighted by Gasteiger charge is 2.48. The highest BCUT2D eigenvalue weighted by Crippen LogP contribution is 2.41. The van der Waals surface area contributed by atoms with Crippen LogP contribution in [0.4, 0.5) is 11.5 Å². The average Bonchev–Trinajstić information content (AvgIpc) is 3.52. The highest BCUT2D eigenvalue weighted by atomic mass is 32.1. The van der Waals surface area contributed by atoms with Crippen molar-refractivity contribution in [1.29, 1.82) is 0 Å². The van der Waals surface area contributed by atoms with E-state index >= 15 is 0 Å². The lowest BCUT2D eigenvalue weighted by Gasteiger charge is -2.39. The van der Waals surface area contributed by atoms with Crippen LogP contribution in [0.3, 0.4) is 0 Å². The minimum Gasteiger partial charge on any atom is -0.336 e. The zero-order valence-electron chi connectivity index (χ0n) is 19.9. The predicted octanol–water partition coefficient (Wildman–Crippen LogP) is 2.26. The number of hydrogen-bond acceptors (Lipinski definition) is 8. The molecule has 0 bridgehead atoms. The second-order valence-electron chi connectivity index (χ2n) is 9.90. The number of pyridine rings is 1. The third-order valence-electron chi connectivity index (χ3n) is 7.54. The van der Waals surface area contributed by atoms with E-state index in [4.69, 9.17) is 0 Å². The van der Waals surface area contributed by atoms with Crippen molar-refractivity contribution in [2.45, 2.75) is 44.3 Å². The van der Waals surface area contributed by atoms with Crippen LogP contribution in [0.15, 0.2) is 23.3 Å². The van der Waals surface area contributed by atoms with Gasteiger partial charge in [-0.2, -0.15) is 0 Å². The summed E-state index contributed by atoms with van der Waals surface area (Å²) in [6.07, 6.45) is 4.84. The number of nitrogens with one attached hydrogen (secondary N) is 2. The normalized spacial score (nSPS) is 20.4. The number of aromatic nitrogens is 3. The summed E-state index contributed by atoms with van der Waals surface area (Å²) in [5.74, 6) is 0.262. The van der Waals surface area contributed by atoms with Crippen molar-refractivity contribution in [2.75, 3.05) is 32.5 Å². The van der Waals surface area contributed by atoms with Crippen LogP contribution in [0, 0.1) is 6.92 Å². The van der Waals surface area contributed by atoms with E-state index in [9.17, 15) is 14.4 Å². The molecule has 3 aromatic rings. The number of hydrogen-bond donors (Lipinski definition) is 2. The van der Waals surface area contributed by atoms with E-state index in [0.717, 1.165) is 37.8 Å². The molecule has 2 aliphatic heterocycles.